The predicted octanol–water partition coefficient (Wildman–Crippen LogP) is 4.04. The van der Waals surface area contributed by atoms with Crippen LogP contribution >= 0.6 is 39.3 Å². The smallest absolute Gasteiger partial charge is 0.313 e. The van der Waals surface area contributed by atoms with Gasteiger partial charge in [0.25, 0.3) is 0 Å². The van der Waals surface area contributed by atoms with Crippen LogP contribution in [-0.4, -0.2) is 38.2 Å². The number of aromatic nitrogens is 3. The summed E-state index contributed by atoms with van der Waals surface area (Å²) in [6.45, 7) is 4.43. The van der Waals surface area contributed by atoms with Crippen molar-refractivity contribution < 1.29 is 14.6 Å². The molecule has 0 saturated carbocycles. The lowest BCUT2D eigenvalue weighted by molar-refractivity contribution is -0.133. The molecule has 0 amide bonds. The van der Waals surface area contributed by atoms with Gasteiger partial charge in [-0.15, -0.1) is 10.2 Å². The zero-order valence-electron chi connectivity index (χ0n) is 14.2. The van der Waals surface area contributed by atoms with Gasteiger partial charge in [-0.1, -0.05) is 23.4 Å². The number of nitrogens with zero attached hydrogens (tertiary/aromatic N) is 3. The fourth-order valence-corrected chi connectivity index (χ4v) is 3.57. The number of hydrogen-bond acceptors (Lipinski definition) is 5. The number of aliphatic carboxylic acids is 1. The van der Waals surface area contributed by atoms with E-state index in [-0.39, 0.29) is 5.75 Å². The Balaban J connectivity index is 1.89. The topological polar surface area (TPSA) is 77.2 Å². The molecule has 2 aromatic rings. The molecule has 0 spiro atoms. The van der Waals surface area contributed by atoms with E-state index in [2.05, 4.69) is 26.1 Å². The first-order valence-corrected chi connectivity index (χ1v) is 9.77. The van der Waals surface area contributed by atoms with Crippen molar-refractivity contribution in [1.82, 2.24) is 14.8 Å². The van der Waals surface area contributed by atoms with Crippen molar-refractivity contribution in [3.8, 4) is 5.75 Å². The summed E-state index contributed by atoms with van der Waals surface area (Å²) in [5.41, 5.74) is 1.94. The maximum atomic E-state index is 10.6. The van der Waals surface area contributed by atoms with Crippen LogP contribution in [0.3, 0.4) is 0 Å². The minimum Gasteiger partial charge on any atom is -0.492 e. The Morgan fingerprint density at radius 3 is 2.84 bits per heavy atom. The molecule has 2 rings (SSSR count). The molecular weight excluding hydrogens is 430 g/mol. The highest BCUT2D eigenvalue weighted by Gasteiger charge is 2.13. The van der Waals surface area contributed by atoms with E-state index in [0.29, 0.717) is 18.2 Å². The molecule has 136 valence electrons. The van der Waals surface area contributed by atoms with Gasteiger partial charge < -0.3 is 14.4 Å². The summed E-state index contributed by atoms with van der Waals surface area (Å²) < 4.78 is 8.54. The lowest BCUT2D eigenvalue weighted by Gasteiger charge is -2.13. The molecule has 1 heterocycles. The van der Waals surface area contributed by atoms with Crippen LogP contribution in [0.5, 0.6) is 5.75 Å². The molecule has 0 aliphatic rings. The van der Waals surface area contributed by atoms with Crippen LogP contribution in [0.25, 0.3) is 0 Å². The van der Waals surface area contributed by atoms with Crippen LogP contribution in [0, 0.1) is 13.8 Å². The van der Waals surface area contributed by atoms with Gasteiger partial charge in [-0.25, -0.2) is 0 Å². The van der Waals surface area contributed by atoms with Crippen LogP contribution in [0.1, 0.15) is 23.4 Å². The number of rotatable bonds is 8. The van der Waals surface area contributed by atoms with E-state index < -0.39 is 5.97 Å². The van der Waals surface area contributed by atoms with E-state index in [0.717, 1.165) is 50.4 Å². The van der Waals surface area contributed by atoms with Crippen molar-refractivity contribution in [3.05, 3.63) is 32.5 Å². The number of carboxylic acid groups (broad SMARTS) is 1. The summed E-state index contributed by atoms with van der Waals surface area (Å²) in [5, 5.41) is 18.2. The summed E-state index contributed by atoms with van der Waals surface area (Å²) in [6, 6.07) is 1.92. The molecule has 0 fully saturated rings. The number of carboxylic acids is 1. The second kappa shape index (κ2) is 8.91. The zero-order chi connectivity index (χ0) is 18.6. The first-order chi connectivity index (χ1) is 11.8. The molecule has 0 radical (unpaired) electrons. The highest BCUT2D eigenvalue weighted by atomic mass is 79.9. The van der Waals surface area contributed by atoms with Crippen LogP contribution in [0.15, 0.2) is 15.7 Å². The average Bonchev–Trinajstić information content (AvgIpc) is 2.92. The standard InChI is InChI=1S/C16H19BrClN3O3S/c1-9-7-11(14(17)10(2)15(9)18)24-6-4-5-12-19-20-16(21(12)3)25-8-13(22)23/h7H,4-6,8H2,1-3H3,(H,22,23). The van der Waals surface area contributed by atoms with Crippen LogP contribution in [0.2, 0.25) is 5.02 Å². The largest absolute Gasteiger partial charge is 0.492 e. The third kappa shape index (κ3) is 5.12. The summed E-state index contributed by atoms with van der Waals surface area (Å²) in [4.78, 5) is 10.6. The second-order valence-electron chi connectivity index (χ2n) is 5.54. The molecule has 1 N–H and O–H groups in total. The average molecular weight is 449 g/mol. The Labute approximate surface area is 164 Å². The fourth-order valence-electron chi connectivity index (χ4n) is 2.23. The number of benzene rings is 1. The summed E-state index contributed by atoms with van der Waals surface area (Å²) in [5.74, 6) is 0.675. The van der Waals surface area contributed by atoms with Crippen molar-refractivity contribution in [1.29, 1.82) is 0 Å². The monoisotopic (exact) mass is 447 g/mol. The van der Waals surface area contributed by atoms with Gasteiger partial charge in [-0.2, -0.15) is 0 Å². The van der Waals surface area contributed by atoms with E-state index in [1.165, 1.54) is 0 Å². The molecule has 0 aliphatic carbocycles. The first-order valence-electron chi connectivity index (χ1n) is 7.62. The Hall–Kier alpha value is -1.25. The molecule has 0 unspecified atom stereocenters. The minimum absolute atomic E-state index is 0.0294. The SMILES string of the molecule is Cc1cc(OCCCc2nnc(SCC(=O)O)n2C)c(Br)c(C)c1Cl. The lowest BCUT2D eigenvalue weighted by Crippen LogP contribution is -2.05. The van der Waals surface area contributed by atoms with Crippen molar-refractivity contribution in [2.45, 2.75) is 31.8 Å². The maximum Gasteiger partial charge on any atom is 0.313 e. The Morgan fingerprint density at radius 2 is 2.16 bits per heavy atom. The van der Waals surface area contributed by atoms with E-state index in [1.807, 2.05) is 31.5 Å². The zero-order valence-corrected chi connectivity index (χ0v) is 17.3. The molecule has 0 atom stereocenters. The fraction of sp³-hybridized carbons (Fsp3) is 0.438. The summed E-state index contributed by atoms with van der Waals surface area (Å²) >= 11 is 10.9. The molecule has 25 heavy (non-hydrogen) atoms. The molecule has 1 aromatic heterocycles. The number of hydrogen-bond donors (Lipinski definition) is 1. The maximum absolute atomic E-state index is 10.6. The first kappa shape index (κ1) is 20.1. The summed E-state index contributed by atoms with van der Waals surface area (Å²) in [6.07, 6.45) is 1.46. The van der Waals surface area contributed by atoms with E-state index in [9.17, 15) is 4.79 Å². The second-order valence-corrected chi connectivity index (χ2v) is 7.65. The molecule has 6 nitrogen and oxygen atoms in total. The van der Waals surface area contributed by atoms with Crippen molar-refractivity contribution in [2.24, 2.45) is 7.05 Å². The Morgan fingerprint density at radius 1 is 1.44 bits per heavy atom. The van der Waals surface area contributed by atoms with Gasteiger partial charge >= 0.3 is 5.97 Å². The van der Waals surface area contributed by atoms with Gasteiger partial charge in [0.2, 0.25) is 0 Å². The normalized spacial score (nSPS) is 10.9. The van der Waals surface area contributed by atoms with E-state index >= 15 is 0 Å². The molecule has 9 heteroatoms. The number of carbonyl (C=O) groups is 1. The molecule has 0 bridgehead atoms. The Kier molecular flexibility index (Phi) is 7.15. The number of halogens is 2. The molecule has 0 saturated heterocycles. The van der Waals surface area contributed by atoms with Crippen LogP contribution < -0.4 is 4.74 Å². The van der Waals surface area contributed by atoms with Gasteiger partial charge in [0, 0.05) is 18.5 Å². The van der Waals surface area contributed by atoms with Crippen LogP contribution in [0.4, 0.5) is 0 Å². The molecule has 0 aliphatic heterocycles. The number of aryl methyl sites for hydroxylation is 2. The van der Waals surface area contributed by atoms with Gasteiger partial charge in [0.05, 0.1) is 16.8 Å². The third-order valence-electron chi connectivity index (χ3n) is 3.62. The van der Waals surface area contributed by atoms with Gasteiger partial charge in [-0.05, 0) is 53.4 Å². The number of thioether (sulfide) groups is 1. The third-order valence-corrected chi connectivity index (χ3v) is 6.19. The minimum atomic E-state index is -0.873. The van der Waals surface area contributed by atoms with Gasteiger partial charge in [-0.3, -0.25) is 4.79 Å². The quantitative estimate of drug-likeness (QED) is 0.485. The van der Waals surface area contributed by atoms with Crippen molar-refractivity contribution in [3.63, 3.8) is 0 Å². The van der Waals surface area contributed by atoms with Crippen molar-refractivity contribution in [2.75, 3.05) is 12.4 Å². The summed E-state index contributed by atoms with van der Waals surface area (Å²) in [7, 11) is 1.84. The van der Waals surface area contributed by atoms with Crippen molar-refractivity contribution >= 4 is 45.3 Å². The van der Waals surface area contributed by atoms with E-state index in [4.69, 9.17) is 21.4 Å². The molecule has 1 aromatic carbocycles. The Bertz CT molecular complexity index is 782. The highest BCUT2D eigenvalue weighted by molar-refractivity contribution is 9.10. The predicted molar refractivity (Wildman–Crippen MR) is 102 cm³/mol. The van der Waals surface area contributed by atoms with E-state index in [1.54, 1.807) is 0 Å². The number of ether oxygens (including phenoxy) is 1. The molecular formula is C16H19BrClN3O3S. The highest BCUT2D eigenvalue weighted by Crippen LogP contribution is 2.35. The van der Waals surface area contributed by atoms with Gasteiger partial charge in [0.1, 0.15) is 11.6 Å². The van der Waals surface area contributed by atoms with Crippen LogP contribution in [-0.2, 0) is 18.3 Å². The van der Waals surface area contributed by atoms with Gasteiger partial charge in [0.15, 0.2) is 5.16 Å². The lowest BCUT2D eigenvalue weighted by atomic mass is 10.1.